The fourth-order valence-corrected chi connectivity index (χ4v) is 3.10. The van der Waals surface area contributed by atoms with Gasteiger partial charge in [0.05, 0.1) is 18.2 Å². The topological polar surface area (TPSA) is 254 Å². The number of aliphatic hydroxyl groups excluding tert-OH is 2. The van der Waals surface area contributed by atoms with Crippen molar-refractivity contribution in [1.82, 2.24) is 16.0 Å². The molecule has 0 heterocycles. The Hall–Kier alpha value is -3.75. The van der Waals surface area contributed by atoms with Crippen LogP contribution >= 0.6 is 0 Å². The Bertz CT molecular complexity index is 936. The predicted octanol–water partition coefficient (Wildman–Crippen LogP) is -3.17. The number of aliphatic hydroxyl groups is 2. The van der Waals surface area contributed by atoms with Crippen molar-refractivity contribution in [2.45, 2.75) is 69.5 Å². The van der Waals surface area contributed by atoms with Gasteiger partial charge in [-0.2, -0.15) is 0 Å². The number of hydrogen-bond donors (Lipinski definition) is 9. The number of carboxylic acid groups (broad SMARTS) is 1. The Morgan fingerprint density at radius 3 is 1.86 bits per heavy atom. The summed E-state index contributed by atoms with van der Waals surface area (Å²) in [6, 6.07) is 0.0873. The Morgan fingerprint density at radius 2 is 1.39 bits per heavy atom. The van der Waals surface area contributed by atoms with Crippen molar-refractivity contribution >= 4 is 29.6 Å². The average Bonchev–Trinajstić information content (AvgIpc) is 2.78. The van der Waals surface area contributed by atoms with E-state index in [1.165, 1.54) is 12.1 Å². The first-order chi connectivity index (χ1) is 16.7. The van der Waals surface area contributed by atoms with Crippen molar-refractivity contribution < 1.29 is 44.4 Å². The summed E-state index contributed by atoms with van der Waals surface area (Å²) in [6.45, 7) is 2.29. The standard InChI is InChI=1S/C22H33N5O9/c1-10(28)17(21(34)27-18(11(2)29)22(35)36)26-20(33)15(7-8-16(24)31)25-19(32)14(23)9-12-3-5-13(30)6-4-12/h3-6,10-11,14-15,17-18,28-30H,7-9,23H2,1-2H3,(H2,24,31)(H,25,32)(H,26,33)(H,27,34)(H,35,36). The third kappa shape index (κ3) is 9.85. The lowest BCUT2D eigenvalue weighted by atomic mass is 10.0. The predicted molar refractivity (Wildman–Crippen MR) is 125 cm³/mol. The van der Waals surface area contributed by atoms with Crippen LogP contribution in [0.25, 0.3) is 0 Å². The largest absolute Gasteiger partial charge is 0.508 e. The molecule has 0 aliphatic heterocycles. The molecule has 0 aliphatic rings. The molecule has 6 unspecified atom stereocenters. The molecule has 6 atom stereocenters. The van der Waals surface area contributed by atoms with E-state index in [-0.39, 0.29) is 25.0 Å². The number of phenols is 1. The van der Waals surface area contributed by atoms with E-state index in [2.05, 4.69) is 10.6 Å². The Labute approximate surface area is 207 Å². The monoisotopic (exact) mass is 511 g/mol. The van der Waals surface area contributed by atoms with Gasteiger partial charge in [0.1, 0.15) is 17.8 Å². The van der Waals surface area contributed by atoms with Gasteiger partial charge in [-0.1, -0.05) is 12.1 Å². The number of nitrogens with two attached hydrogens (primary N) is 2. The SMILES string of the molecule is CC(O)C(NC(=O)C(NC(=O)C(CCC(N)=O)NC(=O)C(N)Cc1ccc(O)cc1)C(C)O)C(=O)O. The molecule has 14 heteroatoms. The van der Waals surface area contributed by atoms with E-state index in [0.717, 1.165) is 13.8 Å². The van der Waals surface area contributed by atoms with Crippen molar-refractivity contribution in [1.29, 1.82) is 0 Å². The molecule has 1 rings (SSSR count). The maximum atomic E-state index is 12.9. The minimum absolute atomic E-state index is 0.0276. The summed E-state index contributed by atoms with van der Waals surface area (Å²) >= 11 is 0. The number of carbonyl (C=O) groups excluding carboxylic acids is 4. The molecule has 0 fully saturated rings. The molecule has 0 aliphatic carbocycles. The number of nitrogens with one attached hydrogen (secondary N) is 3. The second-order valence-corrected chi connectivity index (χ2v) is 8.34. The summed E-state index contributed by atoms with van der Waals surface area (Å²) in [5.41, 5.74) is 11.7. The zero-order chi connectivity index (χ0) is 27.6. The van der Waals surface area contributed by atoms with Crippen molar-refractivity contribution in [3.63, 3.8) is 0 Å². The van der Waals surface area contributed by atoms with E-state index in [1.54, 1.807) is 12.1 Å². The molecule has 11 N–H and O–H groups in total. The summed E-state index contributed by atoms with van der Waals surface area (Å²) in [6.07, 6.45) is -3.47. The molecule has 14 nitrogen and oxygen atoms in total. The van der Waals surface area contributed by atoms with E-state index in [0.29, 0.717) is 5.56 Å². The molecule has 36 heavy (non-hydrogen) atoms. The van der Waals surface area contributed by atoms with Crippen molar-refractivity contribution in [3.05, 3.63) is 29.8 Å². The lowest BCUT2D eigenvalue weighted by Crippen LogP contribution is -2.61. The van der Waals surface area contributed by atoms with Crippen LogP contribution in [0.3, 0.4) is 0 Å². The maximum Gasteiger partial charge on any atom is 0.328 e. The molecule has 200 valence electrons. The lowest BCUT2D eigenvalue weighted by molar-refractivity contribution is -0.146. The van der Waals surface area contributed by atoms with Gasteiger partial charge in [0.25, 0.3) is 0 Å². The van der Waals surface area contributed by atoms with Crippen LogP contribution in [0, 0.1) is 0 Å². The van der Waals surface area contributed by atoms with Crippen LogP contribution in [0.1, 0.15) is 32.3 Å². The number of benzene rings is 1. The zero-order valence-corrected chi connectivity index (χ0v) is 19.9. The third-order valence-corrected chi connectivity index (χ3v) is 5.15. The normalized spacial score (nSPS) is 15.9. The van der Waals surface area contributed by atoms with Crippen LogP contribution in [-0.4, -0.2) is 86.4 Å². The van der Waals surface area contributed by atoms with Gasteiger partial charge in [-0.25, -0.2) is 4.79 Å². The highest BCUT2D eigenvalue weighted by atomic mass is 16.4. The third-order valence-electron chi connectivity index (χ3n) is 5.15. The van der Waals surface area contributed by atoms with Crippen molar-refractivity contribution in [2.75, 3.05) is 0 Å². The Balaban J connectivity index is 2.97. The number of phenolic OH excluding ortho intramolecular Hbond substituents is 1. The van der Waals surface area contributed by atoms with Gasteiger partial charge < -0.3 is 47.8 Å². The first kappa shape index (κ1) is 30.3. The number of carbonyl (C=O) groups is 5. The van der Waals surface area contributed by atoms with Crippen LogP contribution in [0.2, 0.25) is 0 Å². The summed E-state index contributed by atoms with van der Waals surface area (Å²) in [5.74, 6) is -5.10. The van der Waals surface area contributed by atoms with E-state index in [4.69, 9.17) is 16.6 Å². The van der Waals surface area contributed by atoms with E-state index in [9.17, 15) is 39.3 Å². The first-order valence-electron chi connectivity index (χ1n) is 11.0. The highest BCUT2D eigenvalue weighted by Gasteiger charge is 2.34. The number of aliphatic carboxylic acids is 1. The molecule has 0 saturated heterocycles. The zero-order valence-electron chi connectivity index (χ0n) is 19.9. The van der Waals surface area contributed by atoms with Gasteiger partial charge in [-0.3, -0.25) is 19.2 Å². The van der Waals surface area contributed by atoms with Gasteiger partial charge in [0, 0.05) is 6.42 Å². The number of rotatable bonds is 14. The minimum Gasteiger partial charge on any atom is -0.508 e. The molecule has 0 spiro atoms. The number of aromatic hydroxyl groups is 1. The number of amides is 4. The summed E-state index contributed by atoms with van der Waals surface area (Å²) in [5, 5.41) is 44.7. The first-order valence-corrected chi connectivity index (χ1v) is 11.0. The van der Waals surface area contributed by atoms with Crippen LogP contribution < -0.4 is 27.4 Å². The fourth-order valence-electron chi connectivity index (χ4n) is 3.10. The highest BCUT2D eigenvalue weighted by Crippen LogP contribution is 2.11. The molecule has 0 bridgehead atoms. The molecule has 0 aromatic heterocycles. The quantitative estimate of drug-likeness (QED) is 0.121. The second kappa shape index (κ2) is 14.0. The van der Waals surface area contributed by atoms with Gasteiger partial charge in [0.15, 0.2) is 6.04 Å². The summed E-state index contributed by atoms with van der Waals surface area (Å²) < 4.78 is 0. The van der Waals surface area contributed by atoms with Crippen molar-refractivity contribution in [3.8, 4) is 5.75 Å². The average molecular weight is 512 g/mol. The van der Waals surface area contributed by atoms with E-state index in [1.807, 2.05) is 5.32 Å². The molecule has 1 aromatic rings. The van der Waals surface area contributed by atoms with Gasteiger partial charge >= 0.3 is 5.97 Å². The minimum atomic E-state index is -1.71. The Morgan fingerprint density at radius 1 is 0.861 bits per heavy atom. The van der Waals surface area contributed by atoms with Crippen LogP contribution in [0.15, 0.2) is 24.3 Å². The molecule has 0 saturated carbocycles. The molecule has 0 radical (unpaired) electrons. The smallest absolute Gasteiger partial charge is 0.328 e. The molecule has 1 aromatic carbocycles. The van der Waals surface area contributed by atoms with Gasteiger partial charge in [-0.15, -0.1) is 0 Å². The second-order valence-electron chi connectivity index (χ2n) is 8.34. The molecule has 4 amide bonds. The maximum absolute atomic E-state index is 12.9. The molecular formula is C22H33N5O9. The number of primary amides is 1. The van der Waals surface area contributed by atoms with E-state index < -0.39 is 66.0 Å². The van der Waals surface area contributed by atoms with Gasteiger partial charge in [-0.05, 0) is 44.4 Å². The number of hydrogen-bond acceptors (Lipinski definition) is 9. The fraction of sp³-hybridized carbons (Fsp3) is 0.500. The van der Waals surface area contributed by atoms with E-state index >= 15 is 0 Å². The highest BCUT2D eigenvalue weighted by molar-refractivity contribution is 5.94. The van der Waals surface area contributed by atoms with Crippen LogP contribution in [0.5, 0.6) is 5.75 Å². The van der Waals surface area contributed by atoms with Crippen LogP contribution in [-0.2, 0) is 30.4 Å². The molecular weight excluding hydrogens is 478 g/mol. The Kier molecular flexibility index (Phi) is 11.7. The van der Waals surface area contributed by atoms with Crippen LogP contribution in [0.4, 0.5) is 0 Å². The van der Waals surface area contributed by atoms with Crippen molar-refractivity contribution in [2.24, 2.45) is 11.5 Å². The summed E-state index contributed by atoms with van der Waals surface area (Å²) in [7, 11) is 0. The number of carboxylic acids is 1. The van der Waals surface area contributed by atoms with Gasteiger partial charge in [0.2, 0.25) is 23.6 Å². The summed E-state index contributed by atoms with van der Waals surface area (Å²) in [4.78, 5) is 60.5. The lowest BCUT2D eigenvalue weighted by Gasteiger charge is -2.27.